The number of benzene rings is 1. The van der Waals surface area contributed by atoms with Gasteiger partial charge in [0.05, 0.1) is 18.8 Å². The molecule has 1 aromatic carbocycles. The average Bonchev–Trinajstić information content (AvgIpc) is 2.26. The number of hydrogen-bond acceptors (Lipinski definition) is 3. The van der Waals surface area contributed by atoms with Gasteiger partial charge < -0.3 is 15.5 Å². The zero-order valence-electron chi connectivity index (χ0n) is 8.85. The van der Waals surface area contributed by atoms with Gasteiger partial charge in [0.25, 0.3) is 5.91 Å². The van der Waals surface area contributed by atoms with Crippen molar-refractivity contribution in [1.29, 1.82) is 0 Å². The summed E-state index contributed by atoms with van der Waals surface area (Å²) in [6.07, 6.45) is -0.852. The molecule has 0 aliphatic carbocycles. The lowest BCUT2D eigenvalue weighted by molar-refractivity contribution is 0.0758. The van der Waals surface area contributed by atoms with Crippen LogP contribution in [0.1, 0.15) is 17.3 Å². The monoisotopic (exact) mass is 227 g/mol. The van der Waals surface area contributed by atoms with Crippen LogP contribution in [0.5, 0.6) is 0 Å². The molecule has 88 valence electrons. The first kappa shape index (κ1) is 12.6. The van der Waals surface area contributed by atoms with E-state index in [9.17, 15) is 14.3 Å². The highest BCUT2D eigenvalue weighted by Crippen LogP contribution is 2.03. The number of nitrogens with one attached hydrogen (secondary N) is 1. The van der Waals surface area contributed by atoms with Gasteiger partial charge in [0.1, 0.15) is 5.82 Å². The Morgan fingerprint density at radius 2 is 2.00 bits per heavy atom. The summed E-state index contributed by atoms with van der Waals surface area (Å²) >= 11 is 0. The number of halogens is 1. The molecular weight excluding hydrogens is 213 g/mol. The minimum absolute atomic E-state index is 0.278. The normalized spacial score (nSPS) is 14.2. The van der Waals surface area contributed by atoms with Crippen molar-refractivity contribution in [2.75, 3.05) is 6.61 Å². The number of aliphatic hydroxyl groups excluding tert-OH is 2. The van der Waals surface area contributed by atoms with Crippen molar-refractivity contribution in [3.05, 3.63) is 35.6 Å². The average molecular weight is 227 g/mol. The fourth-order valence-corrected chi connectivity index (χ4v) is 1.17. The second-order valence-electron chi connectivity index (χ2n) is 3.51. The van der Waals surface area contributed by atoms with Crippen LogP contribution >= 0.6 is 0 Å². The second kappa shape index (κ2) is 5.58. The van der Waals surface area contributed by atoms with Crippen molar-refractivity contribution in [1.82, 2.24) is 5.32 Å². The molecule has 0 aliphatic rings. The highest BCUT2D eigenvalue weighted by Gasteiger charge is 2.17. The fraction of sp³-hybridized carbons (Fsp3) is 0.364. The van der Waals surface area contributed by atoms with Crippen molar-refractivity contribution in [2.24, 2.45) is 0 Å². The molecule has 1 amide bonds. The lowest BCUT2D eigenvalue weighted by Gasteiger charge is -2.18. The highest BCUT2D eigenvalue weighted by atomic mass is 19.1. The molecular formula is C11H14FNO3. The van der Waals surface area contributed by atoms with E-state index < -0.39 is 23.9 Å². The number of carbonyl (C=O) groups is 1. The molecule has 1 rings (SSSR count). The van der Waals surface area contributed by atoms with Gasteiger partial charge in [0, 0.05) is 5.56 Å². The van der Waals surface area contributed by atoms with E-state index in [0.29, 0.717) is 0 Å². The first-order valence-electron chi connectivity index (χ1n) is 4.90. The van der Waals surface area contributed by atoms with Crippen LogP contribution < -0.4 is 5.32 Å². The third-order valence-corrected chi connectivity index (χ3v) is 2.20. The van der Waals surface area contributed by atoms with Crippen LogP contribution in [-0.4, -0.2) is 34.9 Å². The molecule has 0 saturated heterocycles. The van der Waals surface area contributed by atoms with Crippen LogP contribution in [0, 0.1) is 5.82 Å². The van der Waals surface area contributed by atoms with Crippen molar-refractivity contribution in [2.45, 2.75) is 19.1 Å². The van der Waals surface area contributed by atoms with Gasteiger partial charge in [-0.3, -0.25) is 4.79 Å². The van der Waals surface area contributed by atoms with Crippen molar-refractivity contribution in [3.8, 4) is 0 Å². The van der Waals surface area contributed by atoms with Crippen molar-refractivity contribution >= 4 is 5.91 Å². The Kier molecular flexibility index (Phi) is 4.39. The van der Waals surface area contributed by atoms with Crippen LogP contribution in [-0.2, 0) is 0 Å². The molecule has 0 aromatic heterocycles. The van der Waals surface area contributed by atoms with Crippen molar-refractivity contribution < 1.29 is 19.4 Å². The molecule has 0 saturated carbocycles. The number of aliphatic hydroxyl groups is 2. The molecule has 3 N–H and O–H groups in total. The standard InChI is InChI=1S/C11H14FNO3/c1-7(15)10(6-14)13-11(16)8-2-4-9(12)5-3-8/h2-5,7,10,14-15H,6H2,1H3,(H,13,16)/t7-,10+/m1/s1. The zero-order valence-corrected chi connectivity index (χ0v) is 8.85. The van der Waals surface area contributed by atoms with Gasteiger partial charge in [-0.2, -0.15) is 0 Å². The Balaban J connectivity index is 2.68. The summed E-state index contributed by atoms with van der Waals surface area (Å²) in [5.41, 5.74) is 0.278. The quantitative estimate of drug-likeness (QED) is 0.692. The fourth-order valence-electron chi connectivity index (χ4n) is 1.17. The topological polar surface area (TPSA) is 69.6 Å². The Bertz CT molecular complexity index is 351. The third kappa shape index (κ3) is 3.29. The molecule has 0 fully saturated rings. The van der Waals surface area contributed by atoms with E-state index in [0.717, 1.165) is 0 Å². The van der Waals surface area contributed by atoms with Gasteiger partial charge >= 0.3 is 0 Å². The first-order chi connectivity index (χ1) is 7.54. The predicted octanol–water partition coefficient (Wildman–Crippen LogP) is 0.297. The summed E-state index contributed by atoms with van der Waals surface area (Å²) in [5, 5.41) is 20.6. The molecule has 0 spiro atoms. The molecule has 0 heterocycles. The van der Waals surface area contributed by atoms with E-state index in [1.807, 2.05) is 0 Å². The lowest BCUT2D eigenvalue weighted by Crippen LogP contribution is -2.44. The number of amides is 1. The highest BCUT2D eigenvalue weighted by molar-refractivity contribution is 5.94. The lowest BCUT2D eigenvalue weighted by atomic mass is 10.1. The molecule has 1 aromatic rings. The number of hydrogen-bond donors (Lipinski definition) is 3. The minimum Gasteiger partial charge on any atom is -0.394 e. The smallest absolute Gasteiger partial charge is 0.251 e. The maximum Gasteiger partial charge on any atom is 0.251 e. The summed E-state index contributed by atoms with van der Waals surface area (Å²) in [5.74, 6) is -0.884. The van der Waals surface area contributed by atoms with Crippen LogP contribution in [0.25, 0.3) is 0 Å². The van der Waals surface area contributed by atoms with E-state index >= 15 is 0 Å². The SMILES string of the molecule is C[C@@H](O)[C@H](CO)NC(=O)c1ccc(F)cc1. The molecule has 0 radical (unpaired) electrons. The zero-order chi connectivity index (χ0) is 12.1. The predicted molar refractivity (Wildman–Crippen MR) is 56.4 cm³/mol. The summed E-state index contributed by atoms with van der Waals surface area (Å²) in [4.78, 5) is 11.6. The summed E-state index contributed by atoms with van der Waals surface area (Å²) in [6, 6.07) is 4.29. The molecule has 5 heteroatoms. The summed E-state index contributed by atoms with van der Waals surface area (Å²) in [7, 11) is 0. The Morgan fingerprint density at radius 1 is 1.44 bits per heavy atom. The third-order valence-electron chi connectivity index (χ3n) is 2.20. The van der Waals surface area contributed by atoms with Crippen molar-refractivity contribution in [3.63, 3.8) is 0 Å². The van der Waals surface area contributed by atoms with E-state index in [-0.39, 0.29) is 12.2 Å². The van der Waals surface area contributed by atoms with Gasteiger partial charge in [-0.05, 0) is 31.2 Å². The van der Waals surface area contributed by atoms with Gasteiger partial charge in [-0.1, -0.05) is 0 Å². The Hall–Kier alpha value is -1.46. The summed E-state index contributed by atoms with van der Waals surface area (Å²) < 4.78 is 12.6. The Morgan fingerprint density at radius 3 is 2.44 bits per heavy atom. The molecule has 16 heavy (non-hydrogen) atoms. The minimum atomic E-state index is -0.852. The van der Waals surface area contributed by atoms with Gasteiger partial charge in [0.15, 0.2) is 0 Å². The molecule has 0 bridgehead atoms. The van der Waals surface area contributed by atoms with E-state index in [1.54, 1.807) is 0 Å². The Labute approximate surface area is 92.7 Å². The van der Waals surface area contributed by atoms with Gasteiger partial charge in [-0.15, -0.1) is 0 Å². The first-order valence-corrected chi connectivity index (χ1v) is 4.90. The maximum atomic E-state index is 12.6. The summed E-state index contributed by atoms with van der Waals surface area (Å²) in [6.45, 7) is 1.11. The molecule has 4 nitrogen and oxygen atoms in total. The van der Waals surface area contributed by atoms with Crippen LogP contribution in [0.15, 0.2) is 24.3 Å². The van der Waals surface area contributed by atoms with E-state index in [2.05, 4.69) is 5.32 Å². The second-order valence-corrected chi connectivity index (χ2v) is 3.51. The van der Waals surface area contributed by atoms with E-state index in [1.165, 1.54) is 31.2 Å². The largest absolute Gasteiger partial charge is 0.394 e. The molecule has 2 atom stereocenters. The van der Waals surface area contributed by atoms with E-state index in [4.69, 9.17) is 5.11 Å². The van der Waals surface area contributed by atoms with Crippen LogP contribution in [0.4, 0.5) is 4.39 Å². The number of carbonyl (C=O) groups excluding carboxylic acids is 1. The molecule has 0 unspecified atom stereocenters. The maximum absolute atomic E-state index is 12.6. The molecule has 0 aliphatic heterocycles. The van der Waals surface area contributed by atoms with Crippen LogP contribution in [0.2, 0.25) is 0 Å². The van der Waals surface area contributed by atoms with Gasteiger partial charge in [0.2, 0.25) is 0 Å². The van der Waals surface area contributed by atoms with Crippen LogP contribution in [0.3, 0.4) is 0 Å². The number of rotatable bonds is 4. The van der Waals surface area contributed by atoms with Gasteiger partial charge in [-0.25, -0.2) is 4.39 Å².